The van der Waals surface area contributed by atoms with Gasteiger partial charge in [-0.25, -0.2) is 0 Å². The van der Waals surface area contributed by atoms with Gasteiger partial charge in [0.05, 0.1) is 14.2 Å². The van der Waals surface area contributed by atoms with E-state index in [1.165, 1.54) is 33.4 Å². The lowest BCUT2D eigenvalue weighted by molar-refractivity contribution is 0.413. The first kappa shape index (κ1) is 19.8. The third kappa shape index (κ3) is 3.35. The van der Waals surface area contributed by atoms with E-state index in [1.807, 2.05) is 0 Å². The molecule has 2 nitrogen and oxygen atoms in total. The van der Waals surface area contributed by atoms with Gasteiger partial charge in [0.25, 0.3) is 0 Å². The van der Waals surface area contributed by atoms with Crippen LogP contribution in [0.3, 0.4) is 0 Å². The number of ether oxygens (including phenoxy) is 2. The number of fused-ring (bicyclic) bond motifs is 2. The number of hydrogen-bond donors (Lipinski definition) is 0. The van der Waals surface area contributed by atoms with Crippen molar-refractivity contribution < 1.29 is 9.47 Å². The normalized spacial score (nSPS) is 19.8. The Morgan fingerprint density at radius 3 is 1.46 bits per heavy atom. The fourth-order valence-corrected chi connectivity index (χ4v) is 5.73. The van der Waals surface area contributed by atoms with Crippen molar-refractivity contribution in [1.29, 1.82) is 0 Å². The van der Waals surface area contributed by atoms with Gasteiger partial charge in [-0.2, -0.15) is 0 Å². The van der Waals surface area contributed by atoms with Crippen LogP contribution in [0.1, 0.15) is 60.8 Å². The lowest BCUT2D eigenvalue weighted by Gasteiger charge is -2.21. The summed E-state index contributed by atoms with van der Waals surface area (Å²) in [6.45, 7) is 4.49. The summed E-state index contributed by atoms with van der Waals surface area (Å²) in [7, 11) is 3.46. The van der Waals surface area contributed by atoms with Gasteiger partial charge in [0, 0.05) is 20.8 Å². The topological polar surface area (TPSA) is 18.5 Å². The Labute approximate surface area is 183 Å². The van der Waals surface area contributed by atoms with Gasteiger partial charge in [0.15, 0.2) is 0 Å². The fraction of sp³-hybridized carbons (Fsp3) is 0.333. The van der Waals surface area contributed by atoms with Crippen molar-refractivity contribution in [3.63, 3.8) is 0 Å². The van der Waals surface area contributed by atoms with Gasteiger partial charge in [-0.15, -0.1) is 0 Å². The van der Waals surface area contributed by atoms with Crippen LogP contribution in [-0.4, -0.2) is 14.2 Å². The first-order valence-electron chi connectivity index (χ1n) is 9.54. The van der Waals surface area contributed by atoms with Crippen molar-refractivity contribution in [3.05, 3.63) is 66.6 Å². The highest BCUT2D eigenvalue weighted by Gasteiger charge is 2.29. The number of hydrogen-bond acceptors (Lipinski definition) is 2. The molecule has 0 heterocycles. The van der Waals surface area contributed by atoms with Crippen molar-refractivity contribution in [2.45, 2.75) is 38.5 Å². The van der Waals surface area contributed by atoms with Crippen LogP contribution in [0.2, 0.25) is 0 Å². The highest BCUT2D eigenvalue weighted by molar-refractivity contribution is 9.10. The monoisotopic (exact) mass is 502 g/mol. The molecule has 2 aliphatic rings. The smallest absolute Gasteiger partial charge is 0.120 e. The molecule has 0 fully saturated rings. The van der Waals surface area contributed by atoms with Crippen LogP contribution in [-0.2, 0) is 0 Å². The number of methoxy groups -OCH3 is 2. The Kier molecular flexibility index (Phi) is 5.45. The zero-order chi connectivity index (χ0) is 20.0. The average Bonchev–Trinajstić information content (AvgIpc) is 3.16. The molecule has 4 heteroatoms. The van der Waals surface area contributed by atoms with Crippen LogP contribution in [0.4, 0.5) is 0 Å². The fourth-order valence-electron chi connectivity index (χ4n) is 4.59. The van der Waals surface area contributed by atoms with Crippen LogP contribution in [0.15, 0.2) is 44.4 Å². The Hall–Kier alpha value is -1.52. The Morgan fingerprint density at radius 1 is 0.714 bits per heavy atom. The second-order valence-corrected chi connectivity index (χ2v) is 9.39. The Morgan fingerprint density at radius 2 is 1.11 bits per heavy atom. The molecular weight excluding hydrogens is 480 g/mol. The summed E-state index contributed by atoms with van der Waals surface area (Å²) in [4.78, 5) is 0. The van der Waals surface area contributed by atoms with Crippen molar-refractivity contribution in [3.8, 4) is 11.5 Å². The number of halogens is 2. The van der Waals surface area contributed by atoms with E-state index in [-0.39, 0.29) is 0 Å². The van der Waals surface area contributed by atoms with Gasteiger partial charge in [0.2, 0.25) is 0 Å². The van der Waals surface area contributed by atoms with E-state index < -0.39 is 0 Å². The third-order valence-electron chi connectivity index (χ3n) is 6.08. The van der Waals surface area contributed by atoms with Gasteiger partial charge >= 0.3 is 0 Å². The molecule has 2 aliphatic carbocycles. The zero-order valence-electron chi connectivity index (χ0n) is 16.6. The van der Waals surface area contributed by atoms with Crippen molar-refractivity contribution >= 4 is 44.0 Å². The summed E-state index contributed by atoms with van der Waals surface area (Å²) in [6.07, 6.45) is 6.85. The van der Waals surface area contributed by atoms with Gasteiger partial charge in [-0.05, 0) is 73.2 Å². The van der Waals surface area contributed by atoms with E-state index in [2.05, 4.69) is 82.1 Å². The van der Waals surface area contributed by atoms with E-state index in [0.717, 1.165) is 33.3 Å². The predicted molar refractivity (Wildman–Crippen MR) is 123 cm³/mol. The minimum absolute atomic E-state index is 0.437. The zero-order valence-corrected chi connectivity index (χ0v) is 19.8. The Balaban J connectivity index is 1.61. The summed E-state index contributed by atoms with van der Waals surface area (Å²) in [5, 5.41) is 0. The predicted octanol–water partition coefficient (Wildman–Crippen LogP) is 7.71. The second-order valence-electron chi connectivity index (χ2n) is 7.68. The quantitative estimate of drug-likeness (QED) is 0.416. The van der Waals surface area contributed by atoms with Crippen LogP contribution in [0.25, 0.3) is 12.2 Å². The Bertz CT molecular complexity index is 923. The molecular formula is C24H24Br2O2. The molecule has 0 bridgehead atoms. The summed E-state index contributed by atoms with van der Waals surface area (Å²) < 4.78 is 13.2. The van der Waals surface area contributed by atoms with Crippen LogP contribution >= 0.6 is 31.9 Å². The highest BCUT2D eigenvalue weighted by Crippen LogP contribution is 2.48. The summed E-state index contributed by atoms with van der Waals surface area (Å²) in [5.41, 5.74) is 8.19. The summed E-state index contributed by atoms with van der Waals surface area (Å²) >= 11 is 7.43. The molecule has 0 saturated carbocycles. The molecule has 0 aliphatic heterocycles. The lowest BCUT2D eigenvalue weighted by atomic mass is 9.84. The molecule has 2 unspecified atom stereocenters. The van der Waals surface area contributed by atoms with Crippen LogP contribution in [0.5, 0.6) is 11.5 Å². The molecule has 0 amide bonds. The summed E-state index contributed by atoms with van der Waals surface area (Å²) in [6, 6.07) is 8.50. The molecule has 0 radical (unpaired) electrons. The number of allylic oxidation sites excluding steroid dienone is 2. The van der Waals surface area contributed by atoms with Gasteiger partial charge in [-0.1, -0.05) is 55.2 Å². The molecule has 0 aromatic heterocycles. The van der Waals surface area contributed by atoms with E-state index in [1.54, 1.807) is 14.2 Å². The van der Waals surface area contributed by atoms with Crippen LogP contribution < -0.4 is 9.47 Å². The molecule has 146 valence electrons. The maximum absolute atomic E-state index is 5.50. The SMILES string of the molecule is COc1cc(Br)c2c(c1)C(CCC1C(C)=Cc3c(Br)cc(OC)cc31)C(C)=C2. The van der Waals surface area contributed by atoms with E-state index in [9.17, 15) is 0 Å². The molecule has 2 atom stereocenters. The van der Waals surface area contributed by atoms with Gasteiger partial charge < -0.3 is 9.47 Å². The lowest BCUT2D eigenvalue weighted by Crippen LogP contribution is -2.04. The van der Waals surface area contributed by atoms with Crippen molar-refractivity contribution in [2.75, 3.05) is 14.2 Å². The molecule has 0 saturated heterocycles. The maximum atomic E-state index is 5.50. The number of benzene rings is 2. The first-order chi connectivity index (χ1) is 13.4. The molecule has 2 aromatic carbocycles. The van der Waals surface area contributed by atoms with Gasteiger partial charge in [-0.3, -0.25) is 0 Å². The molecule has 0 spiro atoms. The van der Waals surface area contributed by atoms with E-state index >= 15 is 0 Å². The first-order valence-corrected chi connectivity index (χ1v) is 11.1. The largest absolute Gasteiger partial charge is 0.497 e. The van der Waals surface area contributed by atoms with Crippen molar-refractivity contribution in [1.82, 2.24) is 0 Å². The minimum atomic E-state index is 0.437. The molecule has 28 heavy (non-hydrogen) atoms. The highest BCUT2D eigenvalue weighted by atomic mass is 79.9. The minimum Gasteiger partial charge on any atom is -0.497 e. The number of rotatable bonds is 5. The maximum Gasteiger partial charge on any atom is 0.120 e. The molecule has 2 aromatic rings. The second kappa shape index (κ2) is 7.72. The van der Waals surface area contributed by atoms with E-state index in [0.29, 0.717) is 11.8 Å². The standard InChI is InChI=1S/C24H24Br2O2/c1-13-7-21-19(9-15(27-3)11-23(21)25)17(13)5-6-18-14(2)8-22-20(18)10-16(28-4)12-24(22)26/h7-12,17-18H,5-6H2,1-4H3. The summed E-state index contributed by atoms with van der Waals surface area (Å²) in [5.74, 6) is 2.70. The van der Waals surface area contributed by atoms with Crippen molar-refractivity contribution in [2.24, 2.45) is 0 Å². The third-order valence-corrected chi connectivity index (χ3v) is 7.39. The average molecular weight is 504 g/mol. The van der Waals surface area contributed by atoms with Crippen LogP contribution in [0, 0.1) is 0 Å². The van der Waals surface area contributed by atoms with Gasteiger partial charge in [0.1, 0.15) is 11.5 Å². The molecule has 4 rings (SSSR count). The molecule has 0 N–H and O–H groups in total. The van der Waals surface area contributed by atoms with E-state index in [4.69, 9.17) is 9.47 Å².